The molecule has 0 bridgehead atoms. The smallest absolute Gasteiger partial charge is 0.273 e. The molecule has 134 valence electrons. The highest BCUT2D eigenvalue weighted by Crippen LogP contribution is 2.35. The SMILES string of the molecule is COc1cccc(OC)c1NC(=O)c1cc(-c2ccc(O)cc2O)n[nH]1. The van der Waals surface area contributed by atoms with Crippen LogP contribution in [0.3, 0.4) is 0 Å². The number of aromatic amines is 1. The number of benzene rings is 2. The van der Waals surface area contributed by atoms with Crippen LogP contribution in [0.15, 0.2) is 42.5 Å². The number of aromatic nitrogens is 2. The molecule has 0 saturated heterocycles. The average molecular weight is 355 g/mol. The molecule has 4 N–H and O–H groups in total. The minimum atomic E-state index is -0.454. The number of H-pyrrole nitrogens is 1. The minimum absolute atomic E-state index is 0.0666. The fourth-order valence-corrected chi connectivity index (χ4v) is 2.47. The molecule has 0 aliphatic heterocycles. The summed E-state index contributed by atoms with van der Waals surface area (Å²) in [5.74, 6) is 0.241. The monoisotopic (exact) mass is 355 g/mol. The van der Waals surface area contributed by atoms with Crippen LogP contribution in [0.25, 0.3) is 11.3 Å². The van der Waals surface area contributed by atoms with Crippen LogP contribution in [-0.2, 0) is 0 Å². The van der Waals surface area contributed by atoms with Crippen molar-refractivity contribution in [1.82, 2.24) is 10.2 Å². The summed E-state index contributed by atoms with van der Waals surface area (Å²) in [5.41, 5.74) is 1.32. The minimum Gasteiger partial charge on any atom is -0.508 e. The summed E-state index contributed by atoms with van der Waals surface area (Å²) >= 11 is 0. The van der Waals surface area contributed by atoms with Crippen molar-refractivity contribution in [2.24, 2.45) is 0 Å². The van der Waals surface area contributed by atoms with Crippen LogP contribution in [0.4, 0.5) is 5.69 Å². The molecule has 0 aliphatic carbocycles. The lowest BCUT2D eigenvalue weighted by atomic mass is 10.1. The summed E-state index contributed by atoms with van der Waals surface area (Å²) in [4.78, 5) is 12.5. The molecular formula is C18H17N3O5. The normalized spacial score (nSPS) is 10.4. The van der Waals surface area contributed by atoms with Gasteiger partial charge in [0.2, 0.25) is 0 Å². The fourth-order valence-electron chi connectivity index (χ4n) is 2.47. The lowest BCUT2D eigenvalue weighted by Gasteiger charge is -2.13. The van der Waals surface area contributed by atoms with Crippen molar-refractivity contribution in [1.29, 1.82) is 0 Å². The largest absolute Gasteiger partial charge is 0.508 e. The first kappa shape index (κ1) is 17.2. The first-order valence-corrected chi connectivity index (χ1v) is 7.63. The zero-order valence-corrected chi connectivity index (χ0v) is 14.1. The molecule has 1 heterocycles. The molecule has 0 fully saturated rings. The van der Waals surface area contributed by atoms with Gasteiger partial charge in [0.15, 0.2) is 0 Å². The number of hydrogen-bond donors (Lipinski definition) is 4. The number of carbonyl (C=O) groups excluding carboxylic acids is 1. The van der Waals surface area contributed by atoms with E-state index in [2.05, 4.69) is 15.5 Å². The molecule has 0 aliphatic rings. The molecule has 0 spiro atoms. The van der Waals surface area contributed by atoms with E-state index in [0.717, 1.165) is 0 Å². The Labute approximate surface area is 149 Å². The molecule has 1 amide bonds. The van der Waals surface area contributed by atoms with E-state index >= 15 is 0 Å². The standard InChI is InChI=1S/C18H17N3O5/c1-25-15-4-3-5-16(26-2)17(15)19-18(24)13-9-12(20-21-13)11-7-6-10(22)8-14(11)23/h3-9,22-23H,1-2H3,(H,19,24)(H,20,21). The Hall–Kier alpha value is -3.68. The second-order valence-electron chi connectivity index (χ2n) is 5.36. The zero-order valence-electron chi connectivity index (χ0n) is 14.1. The van der Waals surface area contributed by atoms with Crippen molar-refractivity contribution in [3.63, 3.8) is 0 Å². The number of amides is 1. The van der Waals surface area contributed by atoms with Crippen LogP contribution in [0.2, 0.25) is 0 Å². The van der Waals surface area contributed by atoms with Gasteiger partial charge in [-0.05, 0) is 30.3 Å². The van der Waals surface area contributed by atoms with Crippen molar-refractivity contribution in [3.8, 4) is 34.3 Å². The first-order chi connectivity index (χ1) is 12.5. The predicted octanol–water partition coefficient (Wildman–Crippen LogP) is 2.76. The Kier molecular flexibility index (Phi) is 4.66. The number of aromatic hydroxyl groups is 2. The molecule has 0 atom stereocenters. The summed E-state index contributed by atoms with van der Waals surface area (Å²) < 4.78 is 10.5. The van der Waals surface area contributed by atoms with E-state index in [1.807, 2.05) is 0 Å². The lowest BCUT2D eigenvalue weighted by molar-refractivity contribution is 0.102. The first-order valence-electron chi connectivity index (χ1n) is 7.63. The predicted molar refractivity (Wildman–Crippen MR) is 94.9 cm³/mol. The van der Waals surface area contributed by atoms with Crippen LogP contribution < -0.4 is 14.8 Å². The second-order valence-corrected chi connectivity index (χ2v) is 5.36. The van der Waals surface area contributed by atoms with E-state index < -0.39 is 5.91 Å². The number of phenols is 2. The number of rotatable bonds is 5. The molecule has 2 aromatic carbocycles. The van der Waals surface area contributed by atoms with Gasteiger partial charge < -0.3 is 25.0 Å². The highest BCUT2D eigenvalue weighted by Gasteiger charge is 2.17. The maximum Gasteiger partial charge on any atom is 0.273 e. The lowest BCUT2D eigenvalue weighted by Crippen LogP contribution is -2.14. The third-order valence-electron chi connectivity index (χ3n) is 3.75. The summed E-state index contributed by atoms with van der Waals surface area (Å²) in [6.45, 7) is 0. The Bertz CT molecular complexity index is 929. The Morgan fingerprint density at radius 3 is 2.38 bits per heavy atom. The van der Waals surface area contributed by atoms with Gasteiger partial charge >= 0.3 is 0 Å². The molecule has 0 saturated carbocycles. The van der Waals surface area contributed by atoms with Gasteiger partial charge in [0, 0.05) is 11.6 Å². The van der Waals surface area contributed by atoms with Crippen LogP contribution in [0, 0.1) is 0 Å². The van der Waals surface area contributed by atoms with Gasteiger partial charge in [-0.1, -0.05) is 6.07 Å². The van der Waals surface area contributed by atoms with Gasteiger partial charge in [0.1, 0.15) is 34.4 Å². The Morgan fingerprint density at radius 2 is 1.77 bits per heavy atom. The number of nitrogens with one attached hydrogen (secondary N) is 2. The molecular weight excluding hydrogens is 338 g/mol. The topological polar surface area (TPSA) is 117 Å². The molecule has 26 heavy (non-hydrogen) atoms. The van der Waals surface area contributed by atoms with Gasteiger partial charge in [0.05, 0.1) is 19.9 Å². The van der Waals surface area contributed by atoms with E-state index in [-0.39, 0.29) is 17.2 Å². The number of carbonyl (C=O) groups is 1. The van der Waals surface area contributed by atoms with E-state index in [1.165, 1.54) is 38.5 Å². The third kappa shape index (κ3) is 3.25. The van der Waals surface area contributed by atoms with Gasteiger partial charge in [-0.25, -0.2) is 0 Å². The van der Waals surface area contributed by atoms with Crippen molar-refractivity contribution >= 4 is 11.6 Å². The summed E-state index contributed by atoms with van der Waals surface area (Å²) in [5, 5.41) is 28.7. The summed E-state index contributed by atoms with van der Waals surface area (Å²) in [6.07, 6.45) is 0. The van der Waals surface area contributed by atoms with E-state index in [4.69, 9.17) is 9.47 Å². The van der Waals surface area contributed by atoms with Crippen LogP contribution in [0.5, 0.6) is 23.0 Å². The molecule has 0 radical (unpaired) electrons. The highest BCUT2D eigenvalue weighted by atomic mass is 16.5. The zero-order chi connectivity index (χ0) is 18.7. The van der Waals surface area contributed by atoms with Crippen LogP contribution in [0.1, 0.15) is 10.5 Å². The number of ether oxygens (including phenoxy) is 2. The second kappa shape index (κ2) is 7.06. The highest BCUT2D eigenvalue weighted by molar-refractivity contribution is 6.05. The maximum absolute atomic E-state index is 12.5. The number of methoxy groups -OCH3 is 2. The quantitative estimate of drug-likeness (QED) is 0.559. The van der Waals surface area contributed by atoms with Crippen molar-refractivity contribution in [2.45, 2.75) is 0 Å². The van der Waals surface area contributed by atoms with E-state index in [9.17, 15) is 15.0 Å². The van der Waals surface area contributed by atoms with Gasteiger partial charge in [-0.2, -0.15) is 5.10 Å². The van der Waals surface area contributed by atoms with Crippen LogP contribution in [-0.4, -0.2) is 40.5 Å². The molecule has 0 unspecified atom stereocenters. The van der Waals surface area contributed by atoms with E-state index in [0.29, 0.717) is 28.4 Å². The number of nitrogens with zero attached hydrogens (tertiary/aromatic N) is 1. The van der Waals surface area contributed by atoms with Gasteiger partial charge in [0.25, 0.3) is 5.91 Å². The summed E-state index contributed by atoms with van der Waals surface area (Å²) in [7, 11) is 2.98. The van der Waals surface area contributed by atoms with E-state index in [1.54, 1.807) is 18.2 Å². The fraction of sp³-hybridized carbons (Fsp3) is 0.111. The maximum atomic E-state index is 12.5. The van der Waals surface area contributed by atoms with Gasteiger partial charge in [-0.15, -0.1) is 0 Å². The molecule has 1 aromatic heterocycles. The van der Waals surface area contributed by atoms with Gasteiger partial charge in [-0.3, -0.25) is 9.89 Å². The van der Waals surface area contributed by atoms with Crippen molar-refractivity contribution in [2.75, 3.05) is 19.5 Å². The molecule has 3 rings (SSSR count). The van der Waals surface area contributed by atoms with Crippen molar-refractivity contribution in [3.05, 3.63) is 48.2 Å². The number of para-hydroxylation sites is 1. The van der Waals surface area contributed by atoms with Crippen LogP contribution >= 0.6 is 0 Å². The summed E-state index contributed by atoms with van der Waals surface area (Å²) in [6, 6.07) is 10.8. The third-order valence-corrected chi connectivity index (χ3v) is 3.75. The molecule has 8 nitrogen and oxygen atoms in total. The number of anilines is 1. The number of phenolic OH excluding ortho intramolecular Hbond substituents is 2. The number of hydrogen-bond acceptors (Lipinski definition) is 6. The molecule has 8 heteroatoms. The molecule has 3 aromatic rings. The Morgan fingerprint density at radius 1 is 1.08 bits per heavy atom. The van der Waals surface area contributed by atoms with Crippen molar-refractivity contribution < 1.29 is 24.5 Å². The Balaban J connectivity index is 1.88. The average Bonchev–Trinajstić information content (AvgIpc) is 3.11.